The predicted molar refractivity (Wildman–Crippen MR) is 240 cm³/mol. The van der Waals surface area contributed by atoms with Gasteiger partial charge in [-0.25, -0.2) is 0 Å². The van der Waals surface area contributed by atoms with Crippen LogP contribution in [-0.2, 0) is 14.3 Å². The number of aliphatic hydroxyl groups is 5. The molecule has 9 heteroatoms. The zero-order chi connectivity index (χ0) is 42.3. The van der Waals surface area contributed by atoms with Crippen LogP contribution in [0.4, 0.5) is 0 Å². The van der Waals surface area contributed by atoms with Crippen molar-refractivity contribution in [2.45, 2.75) is 269 Å². The highest BCUT2D eigenvalue weighted by molar-refractivity contribution is 5.76. The second kappa shape index (κ2) is 39.8. The van der Waals surface area contributed by atoms with Crippen LogP contribution in [0.25, 0.3) is 0 Å². The molecule has 1 aliphatic rings. The van der Waals surface area contributed by atoms with Crippen molar-refractivity contribution in [3.63, 3.8) is 0 Å². The van der Waals surface area contributed by atoms with Crippen LogP contribution in [0.5, 0.6) is 0 Å². The molecule has 0 aromatic heterocycles. The van der Waals surface area contributed by atoms with E-state index in [0.717, 1.165) is 38.5 Å². The lowest BCUT2D eigenvalue weighted by Crippen LogP contribution is -2.60. The maximum atomic E-state index is 13.0. The van der Waals surface area contributed by atoms with Gasteiger partial charge in [0.2, 0.25) is 5.91 Å². The average molecular weight is 824 g/mol. The third-order valence-electron chi connectivity index (χ3n) is 11.8. The zero-order valence-electron chi connectivity index (χ0n) is 37.6. The van der Waals surface area contributed by atoms with E-state index in [1.54, 1.807) is 6.08 Å². The van der Waals surface area contributed by atoms with E-state index in [1.807, 2.05) is 6.08 Å². The Morgan fingerprint density at radius 2 is 0.966 bits per heavy atom. The molecule has 0 spiro atoms. The summed E-state index contributed by atoms with van der Waals surface area (Å²) in [6.07, 6.45) is 40.8. The molecule has 7 atom stereocenters. The summed E-state index contributed by atoms with van der Waals surface area (Å²) in [7, 11) is 0. The van der Waals surface area contributed by atoms with Crippen LogP contribution < -0.4 is 5.32 Å². The van der Waals surface area contributed by atoms with Gasteiger partial charge in [-0.05, 0) is 44.9 Å². The lowest BCUT2D eigenvalue weighted by atomic mass is 9.99. The number of hydrogen-bond donors (Lipinski definition) is 6. The van der Waals surface area contributed by atoms with Crippen LogP contribution in [0.1, 0.15) is 226 Å². The van der Waals surface area contributed by atoms with E-state index in [0.29, 0.717) is 6.42 Å². The Bertz CT molecular complexity index is 961. The molecule has 1 rings (SSSR count). The summed E-state index contributed by atoms with van der Waals surface area (Å²) in [4.78, 5) is 13.0. The lowest BCUT2D eigenvalue weighted by molar-refractivity contribution is -0.302. The monoisotopic (exact) mass is 824 g/mol. The highest BCUT2D eigenvalue weighted by Crippen LogP contribution is 2.23. The van der Waals surface area contributed by atoms with Crippen LogP contribution >= 0.6 is 0 Å². The Morgan fingerprint density at radius 3 is 1.40 bits per heavy atom. The van der Waals surface area contributed by atoms with Crippen molar-refractivity contribution >= 4 is 5.91 Å². The van der Waals surface area contributed by atoms with Gasteiger partial charge in [0.05, 0.1) is 25.4 Å². The molecule has 1 saturated heterocycles. The number of rotatable bonds is 41. The maximum absolute atomic E-state index is 13.0. The second-order valence-corrected chi connectivity index (χ2v) is 17.3. The number of allylic oxidation sites excluding steroid dienone is 3. The minimum absolute atomic E-state index is 0.177. The minimum Gasteiger partial charge on any atom is -0.394 e. The summed E-state index contributed by atoms with van der Waals surface area (Å²) in [5.74, 6) is -0.177. The molecule has 1 fully saturated rings. The quantitative estimate of drug-likeness (QED) is 0.0264. The molecule has 6 N–H and O–H groups in total. The fourth-order valence-corrected chi connectivity index (χ4v) is 7.80. The average Bonchev–Trinajstić information content (AvgIpc) is 3.22. The fourth-order valence-electron chi connectivity index (χ4n) is 7.80. The van der Waals surface area contributed by atoms with Crippen LogP contribution in [0.3, 0.4) is 0 Å². The van der Waals surface area contributed by atoms with Gasteiger partial charge in [0, 0.05) is 6.42 Å². The highest BCUT2D eigenvalue weighted by Gasteiger charge is 2.44. The summed E-state index contributed by atoms with van der Waals surface area (Å²) in [5.41, 5.74) is 0. The number of ether oxygens (including phenoxy) is 2. The standard InChI is InChI=1S/C49H93NO8/c1-3-5-7-9-11-13-15-17-19-20-21-22-23-24-25-27-29-31-33-35-37-39-45(53)50-42(41-57-49-48(56)47(55)46(54)44(40-51)58-49)43(52)38-36-34-32-30-28-26-18-16-14-12-10-8-6-4-2/h17,19,36,38,42-44,46-49,51-52,54-56H,3-16,18,20-35,37,39-41H2,1-2H3,(H,50,53)/b19-17+,38-36+/t42-,43+,44-,46-,47?,48?,49-/m0/s1. The SMILES string of the molecule is CCCCCCCC/C=C/CCCCCCCCCCCCCC(=O)N[C@@H](CO[C@H]1O[C@@H](CO)[C@H](O)C(O)C1O)[C@H](O)/C=C/CCCCCCCCCCCCCC. The third kappa shape index (κ3) is 29.8. The normalized spacial score (nSPS) is 21.0. The first-order valence-corrected chi connectivity index (χ1v) is 24.6. The molecule has 342 valence electrons. The van der Waals surface area contributed by atoms with E-state index in [-0.39, 0.29) is 12.5 Å². The molecule has 58 heavy (non-hydrogen) atoms. The Morgan fingerprint density at radius 1 is 0.569 bits per heavy atom. The number of nitrogens with one attached hydrogen (secondary N) is 1. The highest BCUT2D eigenvalue weighted by atomic mass is 16.7. The van der Waals surface area contributed by atoms with Crippen LogP contribution in [0, 0.1) is 0 Å². The predicted octanol–water partition coefficient (Wildman–Crippen LogP) is 10.7. The van der Waals surface area contributed by atoms with Crippen LogP contribution in [-0.4, -0.2) is 87.5 Å². The number of carbonyl (C=O) groups excluding carboxylic acids is 1. The summed E-state index contributed by atoms with van der Waals surface area (Å²) in [5, 5.41) is 54.2. The minimum atomic E-state index is -1.56. The summed E-state index contributed by atoms with van der Waals surface area (Å²) in [6, 6.07) is -0.801. The molecule has 1 amide bonds. The van der Waals surface area contributed by atoms with Crippen molar-refractivity contribution in [3.05, 3.63) is 24.3 Å². The molecular formula is C49H93NO8. The van der Waals surface area contributed by atoms with Crippen molar-refractivity contribution in [1.29, 1.82) is 0 Å². The Hall–Kier alpha value is -1.33. The number of aliphatic hydroxyl groups excluding tert-OH is 5. The van der Waals surface area contributed by atoms with E-state index >= 15 is 0 Å². The molecule has 0 aliphatic carbocycles. The third-order valence-corrected chi connectivity index (χ3v) is 11.8. The number of hydrogen-bond acceptors (Lipinski definition) is 8. The lowest BCUT2D eigenvalue weighted by Gasteiger charge is -2.40. The summed E-state index contributed by atoms with van der Waals surface area (Å²) < 4.78 is 11.2. The fraction of sp³-hybridized carbons (Fsp3) is 0.898. The number of carbonyl (C=O) groups is 1. The first-order valence-electron chi connectivity index (χ1n) is 24.6. The van der Waals surface area contributed by atoms with E-state index in [4.69, 9.17) is 9.47 Å². The summed E-state index contributed by atoms with van der Waals surface area (Å²) >= 11 is 0. The van der Waals surface area contributed by atoms with Gasteiger partial charge in [-0.15, -0.1) is 0 Å². The summed E-state index contributed by atoms with van der Waals surface area (Å²) in [6.45, 7) is 3.78. The van der Waals surface area contributed by atoms with Gasteiger partial charge in [0.25, 0.3) is 0 Å². The Balaban J connectivity index is 2.29. The molecule has 0 aromatic carbocycles. The van der Waals surface area contributed by atoms with Crippen LogP contribution in [0.15, 0.2) is 24.3 Å². The van der Waals surface area contributed by atoms with Crippen molar-refractivity contribution in [2.75, 3.05) is 13.2 Å². The molecular weight excluding hydrogens is 731 g/mol. The molecule has 0 radical (unpaired) electrons. The van der Waals surface area contributed by atoms with E-state index in [2.05, 4.69) is 31.3 Å². The second-order valence-electron chi connectivity index (χ2n) is 17.3. The van der Waals surface area contributed by atoms with Gasteiger partial charge in [-0.2, -0.15) is 0 Å². The van der Waals surface area contributed by atoms with Gasteiger partial charge in [0.1, 0.15) is 24.4 Å². The first kappa shape index (κ1) is 54.7. The molecule has 0 bridgehead atoms. The van der Waals surface area contributed by atoms with Gasteiger partial charge >= 0.3 is 0 Å². The van der Waals surface area contributed by atoms with E-state index in [9.17, 15) is 30.3 Å². The van der Waals surface area contributed by atoms with Crippen molar-refractivity contribution in [1.82, 2.24) is 5.32 Å². The van der Waals surface area contributed by atoms with Crippen molar-refractivity contribution in [3.8, 4) is 0 Å². The molecule has 1 aliphatic heterocycles. The Kier molecular flexibility index (Phi) is 37.5. The molecule has 1 heterocycles. The number of unbranched alkanes of at least 4 members (excludes halogenated alkanes) is 29. The van der Waals surface area contributed by atoms with Gasteiger partial charge in [0.15, 0.2) is 6.29 Å². The smallest absolute Gasteiger partial charge is 0.220 e. The molecule has 9 nitrogen and oxygen atoms in total. The van der Waals surface area contributed by atoms with Gasteiger partial charge < -0.3 is 40.3 Å². The van der Waals surface area contributed by atoms with Crippen molar-refractivity contribution < 1.29 is 39.8 Å². The zero-order valence-corrected chi connectivity index (χ0v) is 37.6. The van der Waals surface area contributed by atoms with E-state index < -0.39 is 49.5 Å². The topological polar surface area (TPSA) is 149 Å². The maximum Gasteiger partial charge on any atom is 0.220 e. The van der Waals surface area contributed by atoms with Gasteiger partial charge in [-0.1, -0.05) is 199 Å². The number of amides is 1. The van der Waals surface area contributed by atoms with E-state index in [1.165, 1.54) is 167 Å². The Labute approximate surface area is 356 Å². The van der Waals surface area contributed by atoms with Gasteiger partial charge in [-0.3, -0.25) is 4.79 Å². The molecule has 0 saturated carbocycles. The van der Waals surface area contributed by atoms with Crippen molar-refractivity contribution in [2.24, 2.45) is 0 Å². The molecule has 2 unspecified atom stereocenters. The largest absolute Gasteiger partial charge is 0.394 e. The van der Waals surface area contributed by atoms with Crippen LogP contribution in [0.2, 0.25) is 0 Å². The molecule has 0 aromatic rings. The first-order chi connectivity index (χ1) is 28.3.